The van der Waals surface area contributed by atoms with Crippen molar-refractivity contribution in [1.29, 1.82) is 0 Å². The molecule has 0 aromatic rings. The van der Waals surface area contributed by atoms with Crippen LogP contribution in [-0.2, 0) is 13.2 Å². The minimum absolute atomic E-state index is 0.460. The lowest BCUT2D eigenvalue weighted by molar-refractivity contribution is -0.116. The van der Waals surface area contributed by atoms with Crippen LogP contribution < -0.4 is 5.73 Å². The van der Waals surface area contributed by atoms with Gasteiger partial charge in [-0.25, -0.2) is 0 Å². The molecule has 2 N–H and O–H groups in total. The van der Waals surface area contributed by atoms with E-state index in [-0.39, 0.29) is 0 Å². The maximum atomic E-state index is 10.5. The third-order valence-corrected chi connectivity index (χ3v) is 2.27. The standard InChI is InChI=1S/C4H9NO3S2/c1-7-9-4(3(5)6)10-8-2/h4H,1-2H3,(H2,5,6). The smallest absolute Gasteiger partial charge is 0.245 e. The van der Waals surface area contributed by atoms with E-state index in [1.807, 2.05) is 0 Å². The van der Waals surface area contributed by atoms with Crippen LogP contribution in [0.5, 0.6) is 0 Å². The van der Waals surface area contributed by atoms with Gasteiger partial charge < -0.3 is 14.1 Å². The van der Waals surface area contributed by atoms with Gasteiger partial charge in [0.05, 0.1) is 14.2 Å². The Kier molecular flexibility index (Phi) is 5.90. The summed E-state index contributed by atoms with van der Waals surface area (Å²) in [5.74, 6) is -0.460. The average Bonchev–Trinajstić information content (AvgIpc) is 1.87. The van der Waals surface area contributed by atoms with Crippen LogP contribution in [0.25, 0.3) is 0 Å². The van der Waals surface area contributed by atoms with Gasteiger partial charge in [-0.05, 0) is 0 Å². The Morgan fingerprint density at radius 1 is 1.40 bits per heavy atom. The molecule has 0 radical (unpaired) electrons. The molecule has 0 aromatic carbocycles. The molecule has 4 nitrogen and oxygen atoms in total. The van der Waals surface area contributed by atoms with Gasteiger partial charge in [-0.1, -0.05) is 0 Å². The number of carbonyl (C=O) groups is 1. The summed E-state index contributed by atoms with van der Waals surface area (Å²) in [7, 11) is 2.94. The lowest BCUT2D eigenvalue weighted by Crippen LogP contribution is -2.22. The molecule has 0 heterocycles. The molecule has 0 rings (SSSR count). The fraction of sp³-hybridized carbons (Fsp3) is 0.750. The van der Waals surface area contributed by atoms with Crippen LogP contribution in [0.2, 0.25) is 0 Å². The van der Waals surface area contributed by atoms with Crippen LogP contribution in [0.4, 0.5) is 0 Å². The summed E-state index contributed by atoms with van der Waals surface area (Å²) < 4.78 is 8.77. The minimum Gasteiger partial charge on any atom is -0.368 e. The maximum Gasteiger partial charge on any atom is 0.245 e. The summed E-state index contributed by atoms with van der Waals surface area (Å²) in [4.78, 5) is 10.5. The van der Waals surface area contributed by atoms with Crippen LogP contribution in [0, 0.1) is 0 Å². The molecular weight excluding hydrogens is 174 g/mol. The van der Waals surface area contributed by atoms with Gasteiger partial charge in [-0.2, -0.15) is 0 Å². The predicted molar refractivity (Wildman–Crippen MR) is 42.2 cm³/mol. The molecule has 0 aliphatic rings. The van der Waals surface area contributed by atoms with E-state index in [1.165, 1.54) is 14.2 Å². The molecule has 0 fully saturated rings. The largest absolute Gasteiger partial charge is 0.368 e. The molecular formula is C4H9NO3S2. The van der Waals surface area contributed by atoms with Gasteiger partial charge in [0.1, 0.15) is 0 Å². The normalized spacial score (nSPS) is 10.3. The Morgan fingerprint density at radius 3 is 2.00 bits per heavy atom. The summed E-state index contributed by atoms with van der Waals surface area (Å²) in [5, 5.41) is 0. The van der Waals surface area contributed by atoms with Crippen molar-refractivity contribution >= 4 is 30.0 Å². The van der Waals surface area contributed by atoms with Crippen LogP contribution in [0.15, 0.2) is 0 Å². The molecule has 0 atom stereocenters. The number of hydrogen-bond acceptors (Lipinski definition) is 5. The van der Waals surface area contributed by atoms with E-state index in [9.17, 15) is 4.79 Å². The first kappa shape index (κ1) is 10.1. The van der Waals surface area contributed by atoms with Crippen molar-refractivity contribution in [3.63, 3.8) is 0 Å². The van der Waals surface area contributed by atoms with E-state index in [0.717, 1.165) is 24.1 Å². The van der Waals surface area contributed by atoms with Gasteiger partial charge in [0.2, 0.25) is 5.91 Å². The van der Waals surface area contributed by atoms with E-state index in [1.54, 1.807) is 0 Å². The van der Waals surface area contributed by atoms with Crippen molar-refractivity contribution in [3.05, 3.63) is 0 Å². The average molecular weight is 183 g/mol. The van der Waals surface area contributed by atoms with Crippen molar-refractivity contribution in [2.24, 2.45) is 5.73 Å². The second-order valence-electron chi connectivity index (χ2n) is 1.26. The molecule has 0 aromatic heterocycles. The summed E-state index contributed by atoms with van der Waals surface area (Å²) >= 11 is 1.94. The van der Waals surface area contributed by atoms with Crippen LogP contribution in [-0.4, -0.2) is 24.7 Å². The van der Waals surface area contributed by atoms with E-state index in [0.29, 0.717) is 0 Å². The third-order valence-electron chi connectivity index (χ3n) is 0.600. The highest BCUT2D eigenvalue weighted by Gasteiger charge is 2.16. The zero-order valence-corrected chi connectivity index (χ0v) is 7.33. The maximum absolute atomic E-state index is 10.5. The lowest BCUT2D eigenvalue weighted by atomic mass is 10.8. The molecule has 0 aliphatic carbocycles. The number of hydrogen-bond donors (Lipinski definition) is 1. The second kappa shape index (κ2) is 5.84. The summed E-state index contributed by atoms with van der Waals surface area (Å²) in [6.07, 6.45) is 0. The van der Waals surface area contributed by atoms with E-state index in [2.05, 4.69) is 8.37 Å². The highest BCUT2D eigenvalue weighted by atomic mass is 32.2. The van der Waals surface area contributed by atoms with Gasteiger partial charge in [0.15, 0.2) is 4.58 Å². The lowest BCUT2D eigenvalue weighted by Gasteiger charge is -2.06. The van der Waals surface area contributed by atoms with Crippen molar-refractivity contribution < 1.29 is 13.2 Å². The topological polar surface area (TPSA) is 61.6 Å². The Morgan fingerprint density at radius 2 is 1.80 bits per heavy atom. The van der Waals surface area contributed by atoms with E-state index < -0.39 is 10.5 Å². The van der Waals surface area contributed by atoms with E-state index in [4.69, 9.17) is 5.73 Å². The third kappa shape index (κ3) is 3.99. The molecule has 0 saturated heterocycles. The summed E-state index contributed by atoms with van der Waals surface area (Å²) in [5.41, 5.74) is 4.97. The van der Waals surface area contributed by atoms with Crippen molar-refractivity contribution in [1.82, 2.24) is 0 Å². The summed E-state index contributed by atoms with van der Waals surface area (Å²) in [6.45, 7) is 0. The zero-order chi connectivity index (χ0) is 7.98. The van der Waals surface area contributed by atoms with E-state index >= 15 is 0 Å². The van der Waals surface area contributed by atoms with Crippen LogP contribution in [0.3, 0.4) is 0 Å². The van der Waals surface area contributed by atoms with Crippen molar-refractivity contribution in [3.8, 4) is 0 Å². The Balaban J connectivity index is 3.61. The molecule has 0 saturated carbocycles. The SMILES string of the molecule is COSC(SOC)C(N)=O. The molecule has 0 unspecified atom stereocenters. The molecule has 60 valence electrons. The second-order valence-corrected chi connectivity index (χ2v) is 3.55. The fourth-order valence-electron chi connectivity index (χ4n) is 0.286. The molecule has 1 amide bonds. The number of rotatable bonds is 5. The van der Waals surface area contributed by atoms with Gasteiger partial charge in [0, 0.05) is 24.1 Å². The molecule has 0 bridgehead atoms. The van der Waals surface area contributed by atoms with Crippen molar-refractivity contribution in [2.45, 2.75) is 4.58 Å². The van der Waals surface area contributed by atoms with Gasteiger partial charge in [-0.15, -0.1) is 0 Å². The van der Waals surface area contributed by atoms with Crippen LogP contribution >= 0.6 is 24.1 Å². The quantitative estimate of drug-likeness (QED) is 0.493. The fourth-order valence-corrected chi connectivity index (χ4v) is 1.42. The number of carbonyl (C=O) groups excluding carboxylic acids is 1. The highest BCUT2D eigenvalue weighted by molar-refractivity contribution is 8.13. The van der Waals surface area contributed by atoms with Gasteiger partial charge in [-0.3, -0.25) is 4.79 Å². The van der Waals surface area contributed by atoms with Crippen LogP contribution in [0.1, 0.15) is 0 Å². The Bertz CT molecular complexity index is 105. The molecule has 6 heteroatoms. The first-order valence-electron chi connectivity index (χ1n) is 2.40. The highest BCUT2D eigenvalue weighted by Crippen LogP contribution is 2.23. The molecule has 0 spiro atoms. The number of primary amides is 1. The first-order chi connectivity index (χ1) is 4.72. The summed E-state index contributed by atoms with van der Waals surface area (Å²) in [6, 6.07) is 0. The Hall–Kier alpha value is 0.0900. The van der Waals surface area contributed by atoms with Crippen molar-refractivity contribution in [2.75, 3.05) is 14.2 Å². The number of amides is 1. The zero-order valence-electron chi connectivity index (χ0n) is 5.70. The molecule has 0 aliphatic heterocycles. The Labute approximate surface area is 68.2 Å². The molecule has 10 heavy (non-hydrogen) atoms. The van der Waals surface area contributed by atoms with Gasteiger partial charge >= 0.3 is 0 Å². The van der Waals surface area contributed by atoms with Gasteiger partial charge in [0.25, 0.3) is 0 Å². The first-order valence-corrected chi connectivity index (χ1v) is 4.01. The monoisotopic (exact) mass is 183 g/mol. The predicted octanol–water partition coefficient (Wildman–Crippen LogP) is 0.387. The minimum atomic E-state index is -0.491. The number of nitrogens with two attached hydrogens (primary N) is 1.